The van der Waals surface area contributed by atoms with E-state index < -0.39 is 15.9 Å². The standard InChI is InChI=1S/C6H7N5O2S/c1-14(12,13)6-10-3-4(7)8-2-9-5(3)11-6/h2-3H,1H3,(H2,7,8,9,10,11). The van der Waals surface area contributed by atoms with Crippen LogP contribution in [0.3, 0.4) is 0 Å². The predicted molar refractivity (Wildman–Crippen MR) is 53.6 cm³/mol. The SMILES string of the molecule is CS(=O)(=O)C1=NC2C(N)=NC=NC2=N1. The van der Waals surface area contributed by atoms with E-state index in [-0.39, 0.29) is 16.8 Å². The van der Waals surface area contributed by atoms with Gasteiger partial charge in [0.15, 0.2) is 11.9 Å². The van der Waals surface area contributed by atoms with Crippen LogP contribution in [-0.4, -0.2) is 43.9 Å². The van der Waals surface area contributed by atoms with Crippen LogP contribution in [0.15, 0.2) is 20.0 Å². The Hall–Kier alpha value is -1.57. The van der Waals surface area contributed by atoms with Crippen molar-refractivity contribution in [3.63, 3.8) is 0 Å². The van der Waals surface area contributed by atoms with Crippen molar-refractivity contribution in [2.75, 3.05) is 6.26 Å². The number of hydrogen-bond acceptors (Lipinski definition) is 7. The van der Waals surface area contributed by atoms with Crippen molar-refractivity contribution in [2.24, 2.45) is 25.7 Å². The predicted octanol–water partition coefficient (Wildman–Crippen LogP) is -1.43. The lowest BCUT2D eigenvalue weighted by atomic mass is 10.2. The summed E-state index contributed by atoms with van der Waals surface area (Å²) in [5.74, 6) is 0.482. The Bertz CT molecular complexity index is 498. The molecule has 0 radical (unpaired) electrons. The summed E-state index contributed by atoms with van der Waals surface area (Å²) in [6.45, 7) is 0. The van der Waals surface area contributed by atoms with Crippen molar-refractivity contribution in [3.05, 3.63) is 0 Å². The number of nitrogens with zero attached hydrogens (tertiary/aromatic N) is 4. The maximum Gasteiger partial charge on any atom is 0.245 e. The van der Waals surface area contributed by atoms with Crippen molar-refractivity contribution in [3.8, 4) is 0 Å². The van der Waals surface area contributed by atoms with Crippen LogP contribution in [0.4, 0.5) is 0 Å². The molecule has 0 aliphatic carbocycles. The van der Waals surface area contributed by atoms with Gasteiger partial charge in [0.25, 0.3) is 0 Å². The van der Waals surface area contributed by atoms with Gasteiger partial charge < -0.3 is 5.73 Å². The fourth-order valence-corrected chi connectivity index (χ4v) is 1.61. The lowest BCUT2D eigenvalue weighted by Crippen LogP contribution is -2.34. The molecule has 0 spiro atoms. The Morgan fingerprint density at radius 3 is 2.79 bits per heavy atom. The zero-order valence-electron chi connectivity index (χ0n) is 7.25. The smallest absolute Gasteiger partial charge is 0.245 e. The number of rotatable bonds is 0. The minimum Gasteiger partial charge on any atom is -0.385 e. The number of amidine groups is 3. The maximum absolute atomic E-state index is 11.1. The Balaban J connectivity index is 2.48. The molecule has 14 heavy (non-hydrogen) atoms. The molecule has 2 rings (SSSR count). The molecule has 1 unspecified atom stereocenters. The molecule has 0 aromatic heterocycles. The van der Waals surface area contributed by atoms with Gasteiger partial charge in [0.2, 0.25) is 15.0 Å². The Morgan fingerprint density at radius 2 is 2.21 bits per heavy atom. The minimum absolute atomic E-state index is 0.206. The quantitative estimate of drug-likeness (QED) is 0.532. The highest BCUT2D eigenvalue weighted by molar-refractivity contribution is 8.05. The van der Waals surface area contributed by atoms with Crippen molar-refractivity contribution in [2.45, 2.75) is 6.04 Å². The third kappa shape index (κ3) is 1.33. The normalized spacial score (nSPS) is 25.2. The summed E-state index contributed by atoms with van der Waals surface area (Å²) in [5, 5.41) is -0.241. The second-order valence-electron chi connectivity index (χ2n) is 2.85. The molecule has 0 fully saturated rings. The molecule has 2 aliphatic heterocycles. The largest absolute Gasteiger partial charge is 0.385 e. The van der Waals surface area contributed by atoms with Crippen molar-refractivity contribution in [1.82, 2.24) is 0 Å². The summed E-state index contributed by atoms with van der Waals surface area (Å²) < 4.78 is 22.2. The second-order valence-corrected chi connectivity index (χ2v) is 4.76. The summed E-state index contributed by atoms with van der Waals surface area (Å²) in [6.07, 6.45) is 2.26. The van der Waals surface area contributed by atoms with Crippen LogP contribution in [0.25, 0.3) is 0 Å². The molecule has 0 saturated carbocycles. The minimum atomic E-state index is -3.41. The highest BCUT2D eigenvalue weighted by Gasteiger charge is 2.31. The number of nitrogens with two attached hydrogens (primary N) is 1. The van der Waals surface area contributed by atoms with Gasteiger partial charge in [-0.05, 0) is 0 Å². The second kappa shape index (κ2) is 2.71. The van der Waals surface area contributed by atoms with Crippen molar-refractivity contribution >= 4 is 33.0 Å². The topological polar surface area (TPSA) is 110 Å². The van der Waals surface area contributed by atoms with Crippen LogP contribution in [-0.2, 0) is 9.84 Å². The zero-order valence-corrected chi connectivity index (χ0v) is 8.06. The van der Waals surface area contributed by atoms with E-state index in [0.717, 1.165) is 6.26 Å². The van der Waals surface area contributed by atoms with E-state index in [2.05, 4.69) is 20.0 Å². The van der Waals surface area contributed by atoms with Gasteiger partial charge in [0.05, 0.1) is 0 Å². The van der Waals surface area contributed by atoms with Crippen LogP contribution in [0.1, 0.15) is 0 Å². The van der Waals surface area contributed by atoms with Crippen molar-refractivity contribution < 1.29 is 8.42 Å². The van der Waals surface area contributed by atoms with Crippen LogP contribution >= 0.6 is 0 Å². The number of fused-ring (bicyclic) bond motifs is 1. The number of sulfone groups is 1. The van der Waals surface area contributed by atoms with Gasteiger partial charge in [-0.25, -0.2) is 28.4 Å². The monoisotopic (exact) mass is 213 g/mol. The molecule has 0 bridgehead atoms. The van der Waals surface area contributed by atoms with Gasteiger partial charge in [-0.15, -0.1) is 0 Å². The van der Waals surface area contributed by atoms with Crippen LogP contribution < -0.4 is 5.73 Å². The first kappa shape index (κ1) is 9.00. The van der Waals surface area contributed by atoms with E-state index in [0.29, 0.717) is 0 Å². The van der Waals surface area contributed by atoms with E-state index in [1.165, 1.54) is 6.34 Å². The number of hydrogen-bond donors (Lipinski definition) is 1. The molecular formula is C6H7N5O2S. The Labute approximate surface area is 80.1 Å². The van der Waals surface area contributed by atoms with E-state index in [1.54, 1.807) is 0 Å². The highest BCUT2D eigenvalue weighted by Crippen LogP contribution is 2.12. The molecule has 0 aromatic carbocycles. The first-order valence-electron chi connectivity index (χ1n) is 3.70. The molecule has 2 aliphatic rings. The first-order valence-corrected chi connectivity index (χ1v) is 5.60. The third-order valence-electron chi connectivity index (χ3n) is 1.70. The van der Waals surface area contributed by atoms with Gasteiger partial charge in [0.1, 0.15) is 12.2 Å². The molecular weight excluding hydrogens is 206 g/mol. The third-order valence-corrected chi connectivity index (χ3v) is 2.56. The molecule has 2 N–H and O–H groups in total. The molecule has 74 valence electrons. The average molecular weight is 213 g/mol. The summed E-state index contributed by atoms with van der Waals surface area (Å²) in [6, 6.07) is -0.635. The fourth-order valence-electron chi connectivity index (χ4n) is 1.06. The summed E-state index contributed by atoms with van der Waals surface area (Å²) in [7, 11) is -3.41. The van der Waals surface area contributed by atoms with Gasteiger partial charge in [-0.3, -0.25) is 0 Å². The molecule has 0 amide bonds. The maximum atomic E-state index is 11.1. The average Bonchev–Trinajstić information content (AvgIpc) is 2.48. The molecule has 8 heteroatoms. The highest BCUT2D eigenvalue weighted by atomic mass is 32.2. The van der Waals surface area contributed by atoms with Gasteiger partial charge >= 0.3 is 0 Å². The van der Waals surface area contributed by atoms with E-state index in [4.69, 9.17) is 5.73 Å². The zero-order chi connectivity index (χ0) is 10.3. The summed E-state index contributed by atoms with van der Waals surface area (Å²) >= 11 is 0. The Kier molecular flexibility index (Phi) is 1.74. The van der Waals surface area contributed by atoms with Crippen molar-refractivity contribution in [1.29, 1.82) is 0 Å². The van der Waals surface area contributed by atoms with Gasteiger partial charge in [0, 0.05) is 6.26 Å². The fraction of sp³-hybridized carbons (Fsp3) is 0.333. The van der Waals surface area contributed by atoms with Crippen LogP contribution in [0.2, 0.25) is 0 Å². The van der Waals surface area contributed by atoms with E-state index in [9.17, 15) is 8.42 Å². The molecule has 7 nitrogen and oxygen atoms in total. The lowest BCUT2D eigenvalue weighted by molar-refractivity contribution is 0.612. The van der Waals surface area contributed by atoms with E-state index in [1.807, 2.05) is 0 Å². The van der Waals surface area contributed by atoms with Gasteiger partial charge in [-0.1, -0.05) is 0 Å². The summed E-state index contributed by atoms with van der Waals surface area (Å²) in [4.78, 5) is 15.1. The van der Waals surface area contributed by atoms with Crippen LogP contribution in [0, 0.1) is 0 Å². The first-order chi connectivity index (χ1) is 6.48. The lowest BCUT2D eigenvalue weighted by Gasteiger charge is -2.07. The molecule has 2 heterocycles. The molecule has 1 atom stereocenters. The van der Waals surface area contributed by atoms with E-state index >= 15 is 0 Å². The van der Waals surface area contributed by atoms with Crippen LogP contribution in [0.5, 0.6) is 0 Å². The van der Waals surface area contributed by atoms with Gasteiger partial charge in [-0.2, -0.15) is 0 Å². The molecule has 0 saturated heterocycles. The molecule has 0 aromatic rings. The number of aliphatic imine (C=N–C) groups is 4. The summed E-state index contributed by atoms with van der Waals surface area (Å²) in [5.41, 5.74) is 5.50. The Morgan fingerprint density at radius 1 is 1.50 bits per heavy atom.